The molecule has 1 aromatic carbocycles. The number of aliphatic hydroxyl groups excluding tert-OH is 1. The van der Waals surface area contributed by atoms with E-state index in [0.29, 0.717) is 13.1 Å². The number of piperidine rings is 1. The van der Waals surface area contributed by atoms with Gasteiger partial charge in [0.15, 0.2) is 0 Å². The van der Waals surface area contributed by atoms with Crippen molar-refractivity contribution in [3.63, 3.8) is 0 Å². The number of hydrogen-bond donors (Lipinski definition) is 1. The standard InChI is InChI=1S/C17H25N3O2/c21-16-7-4-8-18(13-16)14-17(22)20-11-9-19(10-12-20)15-5-2-1-3-6-15/h1-3,5-6,16,21H,4,7-14H2/t16-/m1/s1. The molecule has 1 aromatic rings. The molecule has 2 heterocycles. The second-order valence-electron chi connectivity index (χ2n) is 6.23. The lowest BCUT2D eigenvalue weighted by Gasteiger charge is -2.37. The Morgan fingerprint density at radius 1 is 1.09 bits per heavy atom. The molecular formula is C17H25N3O2. The number of rotatable bonds is 3. The largest absolute Gasteiger partial charge is 0.392 e. The van der Waals surface area contributed by atoms with E-state index in [4.69, 9.17) is 0 Å². The number of para-hydroxylation sites is 1. The molecule has 1 N–H and O–H groups in total. The molecule has 0 spiro atoms. The van der Waals surface area contributed by atoms with Gasteiger partial charge in [0.25, 0.3) is 0 Å². The Morgan fingerprint density at radius 3 is 2.50 bits per heavy atom. The lowest BCUT2D eigenvalue weighted by molar-refractivity contribution is -0.133. The number of carbonyl (C=O) groups excluding carboxylic acids is 1. The van der Waals surface area contributed by atoms with Crippen LogP contribution in [-0.4, -0.2) is 72.7 Å². The fraction of sp³-hybridized carbons (Fsp3) is 0.588. The summed E-state index contributed by atoms with van der Waals surface area (Å²) in [6, 6.07) is 10.4. The maximum Gasteiger partial charge on any atom is 0.236 e. The van der Waals surface area contributed by atoms with Crippen molar-refractivity contribution < 1.29 is 9.90 Å². The van der Waals surface area contributed by atoms with Crippen LogP contribution in [0.4, 0.5) is 5.69 Å². The number of piperazine rings is 1. The molecule has 5 nitrogen and oxygen atoms in total. The quantitative estimate of drug-likeness (QED) is 0.897. The van der Waals surface area contributed by atoms with Crippen molar-refractivity contribution in [3.05, 3.63) is 30.3 Å². The predicted molar refractivity (Wildman–Crippen MR) is 86.9 cm³/mol. The second-order valence-corrected chi connectivity index (χ2v) is 6.23. The molecule has 0 unspecified atom stereocenters. The van der Waals surface area contributed by atoms with Gasteiger partial charge in [0.05, 0.1) is 12.6 Å². The molecule has 1 atom stereocenters. The highest BCUT2D eigenvalue weighted by Crippen LogP contribution is 2.16. The lowest BCUT2D eigenvalue weighted by atomic mass is 10.1. The molecule has 1 amide bonds. The Bertz CT molecular complexity index is 486. The first-order valence-electron chi connectivity index (χ1n) is 8.20. The van der Waals surface area contributed by atoms with Gasteiger partial charge in [-0.15, -0.1) is 0 Å². The number of likely N-dealkylation sites (tertiary alicyclic amines) is 1. The fourth-order valence-corrected chi connectivity index (χ4v) is 3.32. The van der Waals surface area contributed by atoms with E-state index in [1.54, 1.807) is 0 Å². The molecule has 2 saturated heterocycles. The van der Waals surface area contributed by atoms with Gasteiger partial charge in [-0.1, -0.05) is 18.2 Å². The first-order valence-corrected chi connectivity index (χ1v) is 8.20. The molecule has 0 aromatic heterocycles. The van der Waals surface area contributed by atoms with Crippen molar-refractivity contribution in [2.75, 3.05) is 50.7 Å². The Balaban J connectivity index is 1.47. The molecule has 3 rings (SSSR count). The number of carbonyl (C=O) groups is 1. The SMILES string of the molecule is O=C(CN1CCC[C@@H](O)C1)N1CCN(c2ccccc2)CC1. The normalized spacial score (nSPS) is 23.6. The van der Waals surface area contributed by atoms with Crippen molar-refractivity contribution in [3.8, 4) is 0 Å². The summed E-state index contributed by atoms with van der Waals surface area (Å²) in [6.45, 7) is 5.34. The first kappa shape index (κ1) is 15.3. The number of hydrogen-bond acceptors (Lipinski definition) is 4. The van der Waals surface area contributed by atoms with Crippen molar-refractivity contribution in [1.29, 1.82) is 0 Å². The molecule has 2 aliphatic heterocycles. The van der Waals surface area contributed by atoms with E-state index < -0.39 is 0 Å². The monoisotopic (exact) mass is 303 g/mol. The minimum Gasteiger partial charge on any atom is -0.392 e. The van der Waals surface area contributed by atoms with Gasteiger partial charge >= 0.3 is 0 Å². The van der Waals surface area contributed by atoms with Gasteiger partial charge in [-0.05, 0) is 31.5 Å². The molecule has 0 aliphatic carbocycles. The minimum atomic E-state index is -0.267. The zero-order valence-corrected chi connectivity index (χ0v) is 13.0. The van der Waals surface area contributed by atoms with Crippen LogP contribution < -0.4 is 4.90 Å². The Morgan fingerprint density at radius 2 is 1.82 bits per heavy atom. The second kappa shape index (κ2) is 7.11. The minimum absolute atomic E-state index is 0.196. The molecule has 2 fully saturated rings. The predicted octanol–water partition coefficient (Wildman–Crippen LogP) is 0.792. The van der Waals surface area contributed by atoms with Gasteiger partial charge < -0.3 is 14.9 Å². The van der Waals surface area contributed by atoms with Crippen LogP contribution in [0.25, 0.3) is 0 Å². The molecule has 0 radical (unpaired) electrons. The summed E-state index contributed by atoms with van der Waals surface area (Å²) in [4.78, 5) is 18.8. The van der Waals surface area contributed by atoms with E-state index in [9.17, 15) is 9.90 Å². The van der Waals surface area contributed by atoms with Crippen LogP contribution >= 0.6 is 0 Å². The van der Waals surface area contributed by atoms with Crippen LogP contribution in [0.1, 0.15) is 12.8 Å². The third kappa shape index (κ3) is 3.78. The average molecular weight is 303 g/mol. The zero-order chi connectivity index (χ0) is 15.4. The number of benzene rings is 1. The van der Waals surface area contributed by atoms with Crippen molar-refractivity contribution in [2.24, 2.45) is 0 Å². The summed E-state index contributed by atoms with van der Waals surface area (Å²) in [5.41, 5.74) is 1.23. The number of nitrogens with zero attached hydrogens (tertiary/aromatic N) is 3. The number of anilines is 1. The molecule has 0 bridgehead atoms. The fourth-order valence-electron chi connectivity index (χ4n) is 3.32. The van der Waals surface area contributed by atoms with E-state index in [0.717, 1.165) is 45.6 Å². The third-order valence-electron chi connectivity index (χ3n) is 4.59. The summed E-state index contributed by atoms with van der Waals surface area (Å²) in [6.07, 6.45) is 1.58. The summed E-state index contributed by atoms with van der Waals surface area (Å²) in [7, 11) is 0. The molecule has 0 saturated carbocycles. The molecule has 2 aliphatic rings. The number of amides is 1. The van der Waals surface area contributed by atoms with Gasteiger partial charge in [0, 0.05) is 38.4 Å². The highest BCUT2D eigenvalue weighted by atomic mass is 16.3. The van der Waals surface area contributed by atoms with Crippen LogP contribution in [0, 0.1) is 0 Å². The van der Waals surface area contributed by atoms with Gasteiger partial charge in [-0.3, -0.25) is 9.69 Å². The Hall–Kier alpha value is -1.59. The van der Waals surface area contributed by atoms with Gasteiger partial charge in [0.2, 0.25) is 5.91 Å². The van der Waals surface area contributed by atoms with Crippen molar-refractivity contribution in [1.82, 2.24) is 9.80 Å². The lowest BCUT2D eigenvalue weighted by Crippen LogP contribution is -2.52. The summed E-state index contributed by atoms with van der Waals surface area (Å²) < 4.78 is 0. The van der Waals surface area contributed by atoms with E-state index in [1.165, 1.54) is 5.69 Å². The Labute approximate surface area is 132 Å². The average Bonchev–Trinajstić information content (AvgIpc) is 2.56. The number of β-amino-alcohol motifs (C(OH)–C–C–N with tert-alkyl or cyclic N) is 1. The van der Waals surface area contributed by atoms with Crippen LogP contribution in [0.5, 0.6) is 0 Å². The maximum absolute atomic E-state index is 12.4. The van der Waals surface area contributed by atoms with E-state index in [-0.39, 0.29) is 12.0 Å². The van der Waals surface area contributed by atoms with Crippen LogP contribution in [0.15, 0.2) is 30.3 Å². The summed E-state index contributed by atoms with van der Waals surface area (Å²) in [5, 5.41) is 9.69. The molecule has 5 heteroatoms. The van der Waals surface area contributed by atoms with Crippen molar-refractivity contribution >= 4 is 11.6 Å². The highest BCUT2D eigenvalue weighted by molar-refractivity contribution is 5.78. The molecule has 22 heavy (non-hydrogen) atoms. The van der Waals surface area contributed by atoms with E-state index >= 15 is 0 Å². The highest BCUT2D eigenvalue weighted by Gasteiger charge is 2.25. The maximum atomic E-state index is 12.4. The van der Waals surface area contributed by atoms with E-state index in [2.05, 4.69) is 34.1 Å². The molecular weight excluding hydrogens is 278 g/mol. The van der Waals surface area contributed by atoms with Gasteiger partial charge in [-0.25, -0.2) is 0 Å². The van der Waals surface area contributed by atoms with Crippen LogP contribution in [0.2, 0.25) is 0 Å². The summed E-state index contributed by atoms with van der Waals surface area (Å²) in [5.74, 6) is 0.196. The van der Waals surface area contributed by atoms with Gasteiger partial charge in [-0.2, -0.15) is 0 Å². The van der Waals surface area contributed by atoms with Crippen LogP contribution in [-0.2, 0) is 4.79 Å². The summed E-state index contributed by atoms with van der Waals surface area (Å²) >= 11 is 0. The Kier molecular flexibility index (Phi) is 4.95. The smallest absolute Gasteiger partial charge is 0.236 e. The van der Waals surface area contributed by atoms with Crippen LogP contribution in [0.3, 0.4) is 0 Å². The first-order chi connectivity index (χ1) is 10.7. The topological polar surface area (TPSA) is 47.0 Å². The molecule has 120 valence electrons. The van der Waals surface area contributed by atoms with E-state index in [1.807, 2.05) is 11.0 Å². The van der Waals surface area contributed by atoms with Gasteiger partial charge in [0.1, 0.15) is 0 Å². The van der Waals surface area contributed by atoms with Crippen molar-refractivity contribution in [2.45, 2.75) is 18.9 Å². The number of aliphatic hydroxyl groups is 1. The third-order valence-corrected chi connectivity index (χ3v) is 4.59. The zero-order valence-electron chi connectivity index (χ0n) is 13.0.